The summed E-state index contributed by atoms with van der Waals surface area (Å²) in [5.41, 5.74) is 4.93. The molecule has 31 heavy (non-hydrogen) atoms. The van der Waals surface area contributed by atoms with Gasteiger partial charge in [0.25, 0.3) is 0 Å². The number of β-amino-alcohol motifs (C(OH)–C–C–N with tert-alkyl or cyclic N) is 1. The second-order valence-electron chi connectivity index (χ2n) is 7.56. The number of nitrogens with one attached hydrogen (secondary N) is 1. The fraction of sp³-hybridized carbons (Fsp3) is 0.364. The summed E-state index contributed by atoms with van der Waals surface area (Å²) in [5.74, 6) is 0.446. The molecule has 0 spiro atoms. The molecule has 1 aromatic heterocycles. The maximum absolute atomic E-state index is 13.1. The van der Waals surface area contributed by atoms with Crippen LogP contribution < -0.4 is 10.2 Å². The third-order valence-corrected chi connectivity index (χ3v) is 6.39. The number of benzene rings is 2. The highest BCUT2D eigenvalue weighted by molar-refractivity contribution is 7.80. The average molecular weight is 461 g/mol. The number of hydrogen-bond donors (Lipinski definition) is 2. The minimum atomic E-state index is -0.576. The van der Waals surface area contributed by atoms with Crippen LogP contribution in [-0.4, -0.2) is 70.4 Å². The molecule has 9 heteroatoms. The molecule has 0 amide bonds. The number of aromatic nitrogens is 1. The predicted octanol–water partition coefficient (Wildman–Crippen LogP) is 2.98. The van der Waals surface area contributed by atoms with Gasteiger partial charge in [-0.1, -0.05) is 12.2 Å². The number of aliphatic hydroxyl groups is 1. The number of aliphatic hydroxyl groups excluding tert-OH is 1. The summed E-state index contributed by atoms with van der Waals surface area (Å²) in [5, 5.41) is 13.5. The molecule has 0 radical (unpaired) electrons. The highest BCUT2D eigenvalue weighted by Gasteiger charge is 2.20. The quantitative estimate of drug-likeness (QED) is 0.526. The number of nitrogens with zero attached hydrogens (tertiary/aromatic N) is 3. The van der Waals surface area contributed by atoms with Crippen LogP contribution in [0.15, 0.2) is 42.5 Å². The van der Waals surface area contributed by atoms with Crippen molar-refractivity contribution in [2.75, 3.05) is 39.3 Å². The molecule has 6 nitrogen and oxygen atoms in total. The van der Waals surface area contributed by atoms with E-state index in [4.69, 9.17) is 17.0 Å². The Morgan fingerprint density at radius 1 is 1.23 bits per heavy atom. The lowest BCUT2D eigenvalue weighted by molar-refractivity contribution is 0.0408. The monoisotopic (exact) mass is 460 g/mol. The highest BCUT2D eigenvalue weighted by Crippen LogP contribution is 2.25. The normalized spacial score (nSPS) is 16.4. The van der Waals surface area contributed by atoms with Gasteiger partial charge in [0.1, 0.15) is 29.3 Å². The van der Waals surface area contributed by atoms with E-state index in [-0.39, 0.29) is 12.4 Å². The number of ether oxygens (including phenoxy) is 1. The number of thiazole rings is 1. The van der Waals surface area contributed by atoms with E-state index in [1.807, 2.05) is 25.1 Å². The second kappa shape index (κ2) is 9.97. The average Bonchev–Trinajstić information content (AvgIpc) is 3.13. The number of thiocarbonyl (C=S) groups is 1. The molecule has 164 valence electrons. The molecule has 4 rings (SSSR count). The predicted molar refractivity (Wildman–Crippen MR) is 125 cm³/mol. The number of rotatable bonds is 7. The van der Waals surface area contributed by atoms with Gasteiger partial charge < -0.3 is 15.3 Å². The van der Waals surface area contributed by atoms with Crippen molar-refractivity contribution in [2.45, 2.75) is 13.0 Å². The molecule has 1 atom stereocenters. The SMILES string of the molecule is Cc1nc2cc(OC[C@H](O)CN3CCN(NC(=S)c4ccc(F)cc4)CC3)ccc2s1. The van der Waals surface area contributed by atoms with Gasteiger partial charge in [-0.05, 0) is 43.3 Å². The van der Waals surface area contributed by atoms with Crippen LogP contribution in [-0.2, 0) is 0 Å². The first-order valence-electron chi connectivity index (χ1n) is 10.2. The Kier molecular flexibility index (Phi) is 7.09. The number of hydrazine groups is 1. The van der Waals surface area contributed by atoms with Crippen LogP contribution in [0.25, 0.3) is 10.2 Å². The van der Waals surface area contributed by atoms with Gasteiger partial charge in [-0.2, -0.15) is 0 Å². The molecule has 3 aromatic rings. The zero-order valence-electron chi connectivity index (χ0n) is 17.3. The Bertz CT molecular complexity index is 1040. The first-order valence-corrected chi connectivity index (χ1v) is 11.4. The van der Waals surface area contributed by atoms with Crippen LogP contribution >= 0.6 is 23.6 Å². The summed E-state index contributed by atoms with van der Waals surface area (Å²) in [4.78, 5) is 7.26. The smallest absolute Gasteiger partial charge is 0.123 e. The van der Waals surface area contributed by atoms with E-state index in [2.05, 4.69) is 20.3 Å². The molecule has 0 aliphatic carbocycles. The van der Waals surface area contributed by atoms with E-state index < -0.39 is 6.10 Å². The Morgan fingerprint density at radius 2 is 1.97 bits per heavy atom. The number of fused-ring (bicyclic) bond motifs is 1. The third kappa shape index (κ3) is 5.96. The molecule has 2 N–H and O–H groups in total. The van der Waals surface area contributed by atoms with E-state index in [0.717, 1.165) is 52.7 Å². The summed E-state index contributed by atoms with van der Waals surface area (Å²) in [6, 6.07) is 12.0. The summed E-state index contributed by atoms with van der Waals surface area (Å²) in [6.45, 7) is 5.93. The third-order valence-electron chi connectivity index (χ3n) is 5.12. The van der Waals surface area contributed by atoms with E-state index >= 15 is 0 Å². The van der Waals surface area contributed by atoms with E-state index in [0.29, 0.717) is 11.5 Å². The lowest BCUT2D eigenvalue weighted by Crippen LogP contribution is -2.54. The molecule has 0 bridgehead atoms. The van der Waals surface area contributed by atoms with Crippen LogP contribution in [0.3, 0.4) is 0 Å². The molecule has 1 fully saturated rings. The van der Waals surface area contributed by atoms with E-state index in [1.54, 1.807) is 23.5 Å². The van der Waals surface area contributed by atoms with Crippen molar-refractivity contribution in [3.05, 3.63) is 58.9 Å². The Labute approximate surface area is 190 Å². The van der Waals surface area contributed by atoms with Crippen LogP contribution in [0.2, 0.25) is 0 Å². The zero-order chi connectivity index (χ0) is 21.8. The molecule has 2 heterocycles. The van der Waals surface area contributed by atoms with Crippen molar-refractivity contribution >= 4 is 38.8 Å². The van der Waals surface area contributed by atoms with Gasteiger partial charge in [0.2, 0.25) is 0 Å². The molecule has 1 saturated heterocycles. The zero-order valence-corrected chi connectivity index (χ0v) is 18.9. The lowest BCUT2D eigenvalue weighted by atomic mass is 10.2. The molecule has 1 aliphatic rings. The van der Waals surface area contributed by atoms with Crippen LogP contribution in [0.1, 0.15) is 10.6 Å². The first-order chi connectivity index (χ1) is 15.0. The maximum atomic E-state index is 13.1. The van der Waals surface area contributed by atoms with Crippen molar-refractivity contribution in [1.82, 2.24) is 20.3 Å². The van der Waals surface area contributed by atoms with Gasteiger partial charge in [-0.25, -0.2) is 14.4 Å². The molecule has 0 saturated carbocycles. The standard InChI is InChI=1S/C22H25FN4O2S2/c1-15-24-20-12-19(6-7-21(20)31-15)29-14-18(28)13-26-8-10-27(11-9-26)25-22(30)16-2-4-17(23)5-3-16/h2-7,12,18,28H,8-11,13-14H2,1H3,(H,25,30)/t18-/m1/s1. The molecular weight excluding hydrogens is 435 g/mol. The van der Waals surface area contributed by atoms with Crippen LogP contribution in [0, 0.1) is 12.7 Å². The van der Waals surface area contributed by atoms with Gasteiger partial charge in [0, 0.05) is 44.4 Å². The first kappa shape index (κ1) is 22.0. The van der Waals surface area contributed by atoms with Crippen molar-refractivity contribution < 1.29 is 14.2 Å². The summed E-state index contributed by atoms with van der Waals surface area (Å²) in [6.07, 6.45) is -0.576. The summed E-state index contributed by atoms with van der Waals surface area (Å²) >= 11 is 7.06. The van der Waals surface area contributed by atoms with Gasteiger partial charge in [-0.15, -0.1) is 11.3 Å². The fourth-order valence-corrected chi connectivity index (χ4v) is 4.58. The highest BCUT2D eigenvalue weighted by atomic mass is 32.1. The van der Waals surface area contributed by atoms with Crippen molar-refractivity contribution in [1.29, 1.82) is 0 Å². The number of halogens is 1. The molecule has 1 aliphatic heterocycles. The lowest BCUT2D eigenvalue weighted by Gasteiger charge is -2.36. The molecule has 0 unspecified atom stereocenters. The minimum Gasteiger partial charge on any atom is -0.491 e. The van der Waals surface area contributed by atoms with E-state index in [1.165, 1.54) is 12.1 Å². The maximum Gasteiger partial charge on any atom is 0.123 e. The topological polar surface area (TPSA) is 60.9 Å². The van der Waals surface area contributed by atoms with Crippen LogP contribution in [0.5, 0.6) is 5.75 Å². The fourth-order valence-electron chi connectivity index (χ4n) is 3.51. The van der Waals surface area contributed by atoms with Gasteiger partial charge in [0.05, 0.1) is 15.2 Å². The van der Waals surface area contributed by atoms with Gasteiger partial charge in [-0.3, -0.25) is 4.90 Å². The number of aryl methyl sites for hydroxylation is 1. The number of piperazine rings is 1. The van der Waals surface area contributed by atoms with Crippen molar-refractivity contribution in [2.24, 2.45) is 0 Å². The number of hydrogen-bond acceptors (Lipinski definition) is 7. The van der Waals surface area contributed by atoms with E-state index in [9.17, 15) is 9.50 Å². The molecule has 2 aromatic carbocycles. The summed E-state index contributed by atoms with van der Waals surface area (Å²) in [7, 11) is 0. The minimum absolute atomic E-state index is 0.238. The van der Waals surface area contributed by atoms with Crippen LogP contribution in [0.4, 0.5) is 4.39 Å². The van der Waals surface area contributed by atoms with Gasteiger partial charge in [0.15, 0.2) is 0 Å². The van der Waals surface area contributed by atoms with Crippen molar-refractivity contribution in [3.8, 4) is 5.75 Å². The summed E-state index contributed by atoms with van der Waals surface area (Å²) < 4.78 is 20.0. The Morgan fingerprint density at radius 3 is 2.71 bits per heavy atom. The Balaban J connectivity index is 1.19. The van der Waals surface area contributed by atoms with Crippen molar-refractivity contribution in [3.63, 3.8) is 0 Å². The Hall–Kier alpha value is -2.17. The van der Waals surface area contributed by atoms with Gasteiger partial charge >= 0.3 is 0 Å². The molecular formula is C22H25FN4O2S2. The largest absolute Gasteiger partial charge is 0.491 e. The second-order valence-corrected chi connectivity index (χ2v) is 9.21.